The van der Waals surface area contributed by atoms with Crippen LogP contribution in [-0.2, 0) is 13.5 Å². The fraction of sp³-hybridized carbons (Fsp3) is 0.318. The van der Waals surface area contributed by atoms with Crippen LogP contribution >= 0.6 is 0 Å². The van der Waals surface area contributed by atoms with Gasteiger partial charge in [0.25, 0.3) is 5.91 Å². The molecule has 2 aromatic carbocycles. The number of methoxy groups -OCH3 is 3. The minimum atomic E-state index is -0.183. The first kappa shape index (κ1) is 19.6. The molecule has 1 amide bonds. The highest BCUT2D eigenvalue weighted by atomic mass is 16.5. The standard InChI is InChI=1S/C22H26N2O4/c1-14-16(17-8-6-7-9-18(17)24(14)2)10-11-23-22(25)15-12-19(26-3)21(28-5)20(13-15)27-4/h6-9,12-13H,10-11H2,1-5H3,(H,23,25). The van der Waals surface area contributed by atoms with E-state index in [1.807, 2.05) is 12.1 Å². The number of aromatic nitrogens is 1. The van der Waals surface area contributed by atoms with Gasteiger partial charge in [0.05, 0.1) is 21.3 Å². The number of nitrogens with zero attached hydrogens (tertiary/aromatic N) is 1. The number of carbonyl (C=O) groups excluding carboxylic acids is 1. The smallest absolute Gasteiger partial charge is 0.251 e. The van der Waals surface area contributed by atoms with E-state index in [2.05, 4.69) is 36.0 Å². The third-order valence-corrected chi connectivity index (χ3v) is 5.12. The van der Waals surface area contributed by atoms with Crippen molar-refractivity contribution in [3.63, 3.8) is 0 Å². The summed E-state index contributed by atoms with van der Waals surface area (Å²) in [5, 5.41) is 4.22. The van der Waals surface area contributed by atoms with Crippen LogP contribution in [0, 0.1) is 6.92 Å². The molecule has 0 aliphatic rings. The van der Waals surface area contributed by atoms with Crippen LogP contribution in [0.5, 0.6) is 17.2 Å². The van der Waals surface area contributed by atoms with Crippen molar-refractivity contribution in [2.45, 2.75) is 13.3 Å². The van der Waals surface area contributed by atoms with Crippen molar-refractivity contribution in [2.75, 3.05) is 27.9 Å². The van der Waals surface area contributed by atoms with Gasteiger partial charge < -0.3 is 24.1 Å². The Labute approximate surface area is 165 Å². The van der Waals surface area contributed by atoms with Crippen LogP contribution < -0.4 is 19.5 Å². The Hall–Kier alpha value is -3.15. The summed E-state index contributed by atoms with van der Waals surface area (Å²) in [7, 11) is 6.66. The van der Waals surface area contributed by atoms with Crippen molar-refractivity contribution in [1.29, 1.82) is 0 Å². The number of nitrogens with one attached hydrogen (secondary N) is 1. The van der Waals surface area contributed by atoms with Crippen molar-refractivity contribution in [3.05, 3.63) is 53.2 Å². The minimum Gasteiger partial charge on any atom is -0.493 e. The molecule has 0 saturated heterocycles. The van der Waals surface area contributed by atoms with E-state index in [1.165, 1.54) is 43.5 Å². The van der Waals surface area contributed by atoms with Crippen LogP contribution in [0.4, 0.5) is 0 Å². The first-order valence-electron chi connectivity index (χ1n) is 9.12. The second-order valence-electron chi connectivity index (χ2n) is 6.56. The first-order chi connectivity index (χ1) is 13.5. The van der Waals surface area contributed by atoms with Gasteiger partial charge in [0.2, 0.25) is 5.75 Å². The Morgan fingerprint density at radius 1 is 1.04 bits per heavy atom. The highest BCUT2D eigenvalue weighted by molar-refractivity contribution is 5.95. The number of para-hydroxylation sites is 1. The molecule has 3 rings (SSSR count). The SMILES string of the molecule is COc1cc(C(=O)NCCc2c(C)n(C)c3ccccc23)cc(OC)c1OC. The predicted molar refractivity (Wildman–Crippen MR) is 110 cm³/mol. The molecule has 0 radical (unpaired) electrons. The predicted octanol–water partition coefficient (Wildman–Crippen LogP) is 3.49. The normalized spacial score (nSPS) is 10.8. The summed E-state index contributed by atoms with van der Waals surface area (Å²) in [4.78, 5) is 12.7. The molecule has 0 aliphatic carbocycles. The monoisotopic (exact) mass is 382 g/mol. The molecular weight excluding hydrogens is 356 g/mol. The molecular formula is C22H26N2O4. The molecule has 0 fully saturated rings. The van der Waals surface area contributed by atoms with Crippen molar-refractivity contribution in [1.82, 2.24) is 9.88 Å². The topological polar surface area (TPSA) is 61.7 Å². The first-order valence-corrected chi connectivity index (χ1v) is 9.12. The van der Waals surface area contributed by atoms with Gasteiger partial charge in [0.15, 0.2) is 11.5 Å². The Morgan fingerprint density at radius 3 is 2.29 bits per heavy atom. The maximum atomic E-state index is 12.7. The highest BCUT2D eigenvalue weighted by Crippen LogP contribution is 2.38. The van der Waals surface area contributed by atoms with Crippen LogP contribution in [0.25, 0.3) is 10.9 Å². The van der Waals surface area contributed by atoms with E-state index in [0.717, 1.165) is 6.42 Å². The number of hydrogen-bond donors (Lipinski definition) is 1. The molecule has 6 nitrogen and oxygen atoms in total. The number of fused-ring (bicyclic) bond motifs is 1. The number of benzene rings is 2. The Bertz CT molecular complexity index is 982. The minimum absolute atomic E-state index is 0.183. The van der Waals surface area contributed by atoms with Crippen molar-refractivity contribution in [2.24, 2.45) is 7.05 Å². The van der Waals surface area contributed by atoms with Crippen LogP contribution in [0.1, 0.15) is 21.6 Å². The van der Waals surface area contributed by atoms with E-state index in [-0.39, 0.29) is 5.91 Å². The third-order valence-electron chi connectivity index (χ3n) is 5.12. The van der Waals surface area contributed by atoms with Crippen molar-refractivity contribution < 1.29 is 19.0 Å². The van der Waals surface area contributed by atoms with E-state index in [9.17, 15) is 4.79 Å². The van der Waals surface area contributed by atoms with Gasteiger partial charge in [0.1, 0.15) is 0 Å². The van der Waals surface area contributed by atoms with Gasteiger partial charge in [-0.3, -0.25) is 4.79 Å². The van der Waals surface area contributed by atoms with Crippen molar-refractivity contribution >= 4 is 16.8 Å². The second-order valence-corrected chi connectivity index (χ2v) is 6.56. The largest absolute Gasteiger partial charge is 0.493 e. The molecule has 28 heavy (non-hydrogen) atoms. The number of hydrogen-bond acceptors (Lipinski definition) is 4. The molecule has 1 aromatic heterocycles. The molecule has 0 spiro atoms. The molecule has 148 valence electrons. The average Bonchev–Trinajstić information content (AvgIpc) is 2.97. The van der Waals surface area contributed by atoms with Gasteiger partial charge in [-0.25, -0.2) is 0 Å². The van der Waals surface area contributed by atoms with Gasteiger partial charge in [-0.05, 0) is 37.1 Å². The fourth-order valence-electron chi connectivity index (χ4n) is 3.53. The maximum Gasteiger partial charge on any atom is 0.251 e. The zero-order valence-electron chi connectivity index (χ0n) is 17.0. The van der Waals surface area contributed by atoms with Gasteiger partial charge >= 0.3 is 0 Å². The molecule has 0 atom stereocenters. The summed E-state index contributed by atoms with van der Waals surface area (Å²) < 4.78 is 18.1. The Kier molecular flexibility index (Phi) is 5.78. The van der Waals surface area contributed by atoms with E-state index in [1.54, 1.807) is 12.1 Å². The summed E-state index contributed by atoms with van der Waals surface area (Å²) in [6, 6.07) is 11.6. The molecule has 3 aromatic rings. The molecule has 0 saturated carbocycles. The quantitative estimate of drug-likeness (QED) is 0.680. The third kappa shape index (κ3) is 3.50. The molecule has 0 bridgehead atoms. The number of aryl methyl sites for hydroxylation is 1. The van der Waals surface area contributed by atoms with Crippen LogP contribution in [0.2, 0.25) is 0 Å². The average molecular weight is 382 g/mol. The lowest BCUT2D eigenvalue weighted by molar-refractivity contribution is 0.0953. The molecule has 6 heteroatoms. The van der Waals surface area contributed by atoms with Crippen LogP contribution in [0.3, 0.4) is 0 Å². The molecule has 0 unspecified atom stereocenters. The Morgan fingerprint density at radius 2 is 1.68 bits per heavy atom. The van der Waals surface area contributed by atoms with Crippen LogP contribution in [0.15, 0.2) is 36.4 Å². The molecule has 0 aliphatic heterocycles. The lowest BCUT2D eigenvalue weighted by Gasteiger charge is -2.14. The fourth-order valence-corrected chi connectivity index (χ4v) is 3.53. The summed E-state index contributed by atoms with van der Waals surface area (Å²) >= 11 is 0. The number of carbonyl (C=O) groups is 1. The molecule has 1 N–H and O–H groups in total. The van der Waals surface area contributed by atoms with Gasteiger partial charge in [-0.2, -0.15) is 0 Å². The van der Waals surface area contributed by atoms with Crippen molar-refractivity contribution in [3.8, 4) is 17.2 Å². The molecule has 1 heterocycles. The lowest BCUT2D eigenvalue weighted by atomic mass is 10.1. The zero-order chi connectivity index (χ0) is 20.3. The van der Waals surface area contributed by atoms with Crippen LogP contribution in [-0.4, -0.2) is 38.3 Å². The van der Waals surface area contributed by atoms with Gasteiger partial charge in [0, 0.05) is 35.8 Å². The lowest BCUT2D eigenvalue weighted by Crippen LogP contribution is -2.26. The zero-order valence-corrected chi connectivity index (χ0v) is 17.0. The van der Waals surface area contributed by atoms with E-state index in [0.29, 0.717) is 29.4 Å². The summed E-state index contributed by atoms with van der Waals surface area (Å²) in [5.74, 6) is 1.19. The van der Waals surface area contributed by atoms with Gasteiger partial charge in [-0.1, -0.05) is 18.2 Å². The van der Waals surface area contributed by atoms with E-state index >= 15 is 0 Å². The number of amides is 1. The number of rotatable bonds is 7. The Balaban J connectivity index is 1.76. The van der Waals surface area contributed by atoms with E-state index in [4.69, 9.17) is 14.2 Å². The summed E-state index contributed by atoms with van der Waals surface area (Å²) in [6.07, 6.45) is 0.753. The second kappa shape index (κ2) is 8.25. The summed E-state index contributed by atoms with van der Waals surface area (Å²) in [5.41, 5.74) is 4.13. The number of ether oxygens (including phenoxy) is 3. The van der Waals surface area contributed by atoms with Gasteiger partial charge in [-0.15, -0.1) is 0 Å². The highest BCUT2D eigenvalue weighted by Gasteiger charge is 2.17. The van der Waals surface area contributed by atoms with E-state index < -0.39 is 0 Å². The maximum absolute atomic E-state index is 12.7. The summed E-state index contributed by atoms with van der Waals surface area (Å²) in [6.45, 7) is 2.64.